The van der Waals surface area contributed by atoms with E-state index in [4.69, 9.17) is 11.6 Å². The van der Waals surface area contributed by atoms with Crippen LogP contribution in [-0.2, 0) is 6.18 Å². The number of piperidine rings is 1. The van der Waals surface area contributed by atoms with Crippen LogP contribution >= 0.6 is 11.6 Å². The second kappa shape index (κ2) is 9.83. The van der Waals surface area contributed by atoms with Gasteiger partial charge in [0, 0.05) is 18.1 Å². The van der Waals surface area contributed by atoms with Crippen molar-refractivity contribution in [1.82, 2.24) is 20.0 Å². The average Bonchev–Trinajstić information content (AvgIpc) is 3.14. The quantitative estimate of drug-likeness (QED) is 0.627. The Labute approximate surface area is 179 Å². The minimum atomic E-state index is -4.73. The summed E-state index contributed by atoms with van der Waals surface area (Å²) in [5.74, 6) is -0.0643. The van der Waals surface area contributed by atoms with Crippen LogP contribution in [0.2, 0.25) is 5.02 Å². The number of carbonyl (C=O) groups excluding carboxylic acids is 1. The van der Waals surface area contributed by atoms with E-state index in [9.17, 15) is 18.0 Å². The maximum Gasteiger partial charge on any atom is 0.434 e. The molecule has 1 saturated heterocycles. The minimum absolute atomic E-state index is 0.182. The molecule has 0 aliphatic carbocycles. The molecule has 0 bridgehead atoms. The van der Waals surface area contributed by atoms with Crippen molar-refractivity contribution >= 4 is 17.5 Å². The SMILES string of the molecule is C[C@@H]1CCCN(CCCCNC(=O)c2cnn(-c3ccc(Cl)cc3)c2C(F)(F)F)C1. The molecule has 1 aliphatic rings. The Balaban J connectivity index is 1.59. The van der Waals surface area contributed by atoms with Crippen molar-refractivity contribution in [2.24, 2.45) is 5.92 Å². The lowest BCUT2D eigenvalue weighted by Crippen LogP contribution is -2.35. The van der Waals surface area contributed by atoms with Crippen LogP contribution in [-0.4, -0.2) is 46.8 Å². The summed E-state index contributed by atoms with van der Waals surface area (Å²) in [4.78, 5) is 14.8. The summed E-state index contributed by atoms with van der Waals surface area (Å²) in [6.07, 6.45) is 0.301. The lowest BCUT2D eigenvalue weighted by Gasteiger charge is -2.30. The molecule has 164 valence electrons. The van der Waals surface area contributed by atoms with Crippen LogP contribution in [0.5, 0.6) is 0 Å². The maximum atomic E-state index is 13.7. The first-order valence-corrected chi connectivity index (χ1v) is 10.5. The van der Waals surface area contributed by atoms with Gasteiger partial charge in [0.2, 0.25) is 0 Å². The van der Waals surface area contributed by atoms with E-state index in [1.807, 2.05) is 0 Å². The van der Waals surface area contributed by atoms with Gasteiger partial charge in [0.15, 0.2) is 5.69 Å². The van der Waals surface area contributed by atoms with Crippen molar-refractivity contribution in [2.75, 3.05) is 26.2 Å². The summed E-state index contributed by atoms with van der Waals surface area (Å²) >= 11 is 5.80. The first-order chi connectivity index (χ1) is 14.3. The largest absolute Gasteiger partial charge is 0.434 e. The molecular weight excluding hydrogens is 417 g/mol. The number of halogens is 4. The normalized spacial score (nSPS) is 17.8. The highest BCUT2D eigenvalue weighted by molar-refractivity contribution is 6.30. The Bertz CT molecular complexity index is 851. The van der Waals surface area contributed by atoms with Gasteiger partial charge in [-0.2, -0.15) is 18.3 Å². The molecule has 0 unspecified atom stereocenters. The number of hydrogen-bond donors (Lipinski definition) is 1. The molecule has 3 rings (SSSR count). The summed E-state index contributed by atoms with van der Waals surface area (Å²) in [6.45, 7) is 5.70. The molecule has 2 heterocycles. The van der Waals surface area contributed by atoms with E-state index in [0.717, 1.165) is 36.9 Å². The van der Waals surface area contributed by atoms with Gasteiger partial charge in [-0.25, -0.2) is 4.68 Å². The van der Waals surface area contributed by atoms with Gasteiger partial charge in [0.1, 0.15) is 0 Å². The van der Waals surface area contributed by atoms with Gasteiger partial charge in [-0.1, -0.05) is 18.5 Å². The van der Waals surface area contributed by atoms with Crippen molar-refractivity contribution in [1.29, 1.82) is 0 Å². The fourth-order valence-electron chi connectivity index (χ4n) is 3.81. The summed E-state index contributed by atoms with van der Waals surface area (Å²) in [6, 6.07) is 5.80. The second-order valence-corrected chi connectivity index (χ2v) is 8.24. The summed E-state index contributed by atoms with van der Waals surface area (Å²) in [5.41, 5.74) is -1.39. The average molecular weight is 443 g/mol. The van der Waals surface area contributed by atoms with Gasteiger partial charge in [-0.15, -0.1) is 0 Å². The topological polar surface area (TPSA) is 50.2 Å². The van der Waals surface area contributed by atoms with Crippen molar-refractivity contribution in [3.63, 3.8) is 0 Å². The van der Waals surface area contributed by atoms with Crippen LogP contribution < -0.4 is 5.32 Å². The zero-order valence-electron chi connectivity index (χ0n) is 16.9. The molecule has 1 aromatic heterocycles. The third-order valence-corrected chi connectivity index (χ3v) is 5.53. The second-order valence-electron chi connectivity index (χ2n) is 7.80. The fourth-order valence-corrected chi connectivity index (χ4v) is 3.94. The molecule has 1 amide bonds. The van der Waals surface area contributed by atoms with Gasteiger partial charge in [0.05, 0.1) is 17.4 Å². The molecule has 1 aliphatic heterocycles. The first kappa shape index (κ1) is 22.6. The lowest BCUT2D eigenvalue weighted by atomic mass is 10.0. The van der Waals surface area contributed by atoms with Crippen LogP contribution in [0.4, 0.5) is 13.2 Å². The molecule has 1 atom stereocenters. The Kier molecular flexibility index (Phi) is 7.41. The smallest absolute Gasteiger partial charge is 0.352 e. The first-order valence-electron chi connectivity index (χ1n) is 10.2. The van der Waals surface area contributed by atoms with Gasteiger partial charge in [-0.05, 0) is 69.0 Å². The third kappa shape index (κ3) is 5.76. The Hall–Kier alpha value is -2.06. The maximum absolute atomic E-state index is 13.7. The number of hydrogen-bond acceptors (Lipinski definition) is 3. The van der Waals surface area contributed by atoms with Crippen LogP contribution in [0.1, 0.15) is 48.7 Å². The van der Waals surface area contributed by atoms with E-state index in [-0.39, 0.29) is 5.69 Å². The molecule has 2 aromatic rings. The number of unbranched alkanes of at least 4 members (excludes halogenated alkanes) is 1. The molecule has 1 aromatic carbocycles. The molecule has 1 N–H and O–H groups in total. The highest BCUT2D eigenvalue weighted by Gasteiger charge is 2.40. The molecule has 30 heavy (non-hydrogen) atoms. The van der Waals surface area contributed by atoms with Crippen LogP contribution in [0.15, 0.2) is 30.5 Å². The fraction of sp³-hybridized carbons (Fsp3) is 0.524. The molecule has 1 fully saturated rings. The van der Waals surface area contributed by atoms with E-state index >= 15 is 0 Å². The Morgan fingerprint density at radius 3 is 2.67 bits per heavy atom. The van der Waals surface area contributed by atoms with Crippen molar-refractivity contribution < 1.29 is 18.0 Å². The lowest BCUT2D eigenvalue weighted by molar-refractivity contribution is -0.143. The molecule has 0 radical (unpaired) electrons. The highest BCUT2D eigenvalue weighted by Crippen LogP contribution is 2.33. The Morgan fingerprint density at radius 2 is 2.00 bits per heavy atom. The third-order valence-electron chi connectivity index (χ3n) is 5.28. The van der Waals surface area contributed by atoms with Gasteiger partial charge in [-0.3, -0.25) is 4.79 Å². The standard InChI is InChI=1S/C21H26ClF3N4O/c1-15-5-4-12-28(14-15)11-3-2-10-26-20(30)18-13-27-29(19(18)21(23,24)25)17-8-6-16(22)7-9-17/h6-9,13,15H,2-5,10-12,14H2,1H3,(H,26,30)/t15-/m1/s1. The van der Waals surface area contributed by atoms with Crippen molar-refractivity contribution in [3.05, 3.63) is 46.7 Å². The zero-order chi connectivity index (χ0) is 21.7. The summed E-state index contributed by atoms with van der Waals surface area (Å²) in [5, 5.41) is 6.80. The predicted molar refractivity (Wildman–Crippen MR) is 110 cm³/mol. The number of benzene rings is 1. The van der Waals surface area contributed by atoms with E-state index in [1.165, 1.54) is 37.1 Å². The summed E-state index contributed by atoms with van der Waals surface area (Å²) < 4.78 is 41.8. The molecule has 0 saturated carbocycles. The number of nitrogens with zero attached hydrogens (tertiary/aromatic N) is 3. The Morgan fingerprint density at radius 1 is 1.27 bits per heavy atom. The van der Waals surface area contributed by atoms with E-state index in [2.05, 4.69) is 22.2 Å². The van der Waals surface area contributed by atoms with E-state index < -0.39 is 23.3 Å². The van der Waals surface area contributed by atoms with Gasteiger partial charge in [0.25, 0.3) is 5.91 Å². The number of nitrogens with one attached hydrogen (secondary N) is 1. The molecular formula is C21H26ClF3N4O. The van der Waals surface area contributed by atoms with Gasteiger partial charge >= 0.3 is 6.18 Å². The molecule has 9 heteroatoms. The number of amides is 1. The monoisotopic (exact) mass is 442 g/mol. The van der Waals surface area contributed by atoms with Crippen molar-refractivity contribution in [3.8, 4) is 5.69 Å². The molecule has 0 spiro atoms. The highest BCUT2D eigenvalue weighted by atomic mass is 35.5. The van der Waals surface area contributed by atoms with E-state index in [0.29, 0.717) is 23.9 Å². The number of aromatic nitrogens is 2. The summed E-state index contributed by atoms with van der Waals surface area (Å²) in [7, 11) is 0. The van der Waals surface area contributed by atoms with Crippen molar-refractivity contribution in [2.45, 2.75) is 38.8 Å². The van der Waals surface area contributed by atoms with Crippen LogP contribution in [0.25, 0.3) is 5.69 Å². The number of carbonyl (C=O) groups is 1. The predicted octanol–water partition coefficient (Wildman–Crippen LogP) is 4.79. The molecule has 5 nitrogen and oxygen atoms in total. The zero-order valence-corrected chi connectivity index (χ0v) is 17.6. The van der Waals surface area contributed by atoms with E-state index in [1.54, 1.807) is 0 Å². The minimum Gasteiger partial charge on any atom is -0.352 e. The van der Waals surface area contributed by atoms with Crippen LogP contribution in [0.3, 0.4) is 0 Å². The van der Waals surface area contributed by atoms with Crippen LogP contribution in [0, 0.1) is 5.92 Å². The number of likely N-dealkylation sites (tertiary alicyclic amines) is 1. The van der Waals surface area contributed by atoms with Gasteiger partial charge < -0.3 is 10.2 Å². The number of alkyl halides is 3. The number of rotatable bonds is 7.